The van der Waals surface area contributed by atoms with Crippen LogP contribution in [0.25, 0.3) is 6.08 Å². The highest BCUT2D eigenvalue weighted by Crippen LogP contribution is 2.32. The van der Waals surface area contributed by atoms with Gasteiger partial charge in [0.2, 0.25) is 12.7 Å². The second-order valence-corrected chi connectivity index (χ2v) is 5.15. The lowest BCUT2D eigenvalue weighted by Gasteiger charge is -2.03. The summed E-state index contributed by atoms with van der Waals surface area (Å²) >= 11 is 0. The van der Waals surface area contributed by atoms with Crippen LogP contribution in [0.15, 0.2) is 48.5 Å². The van der Waals surface area contributed by atoms with Crippen molar-refractivity contribution in [1.82, 2.24) is 5.32 Å². The fourth-order valence-electron chi connectivity index (χ4n) is 2.26. The number of rotatable bonds is 4. The van der Waals surface area contributed by atoms with Crippen LogP contribution >= 0.6 is 0 Å². The van der Waals surface area contributed by atoms with Crippen LogP contribution in [0.4, 0.5) is 0 Å². The summed E-state index contributed by atoms with van der Waals surface area (Å²) in [7, 11) is 0. The maximum atomic E-state index is 11.9. The van der Waals surface area contributed by atoms with Crippen LogP contribution < -0.4 is 14.8 Å². The number of hydrogen-bond acceptors (Lipinski definition) is 3. The minimum Gasteiger partial charge on any atom is -0.454 e. The fourth-order valence-corrected chi connectivity index (χ4v) is 2.26. The molecule has 2 aromatic carbocycles. The summed E-state index contributed by atoms with van der Waals surface area (Å²) in [5.74, 6) is 1.32. The average molecular weight is 295 g/mol. The third-order valence-corrected chi connectivity index (χ3v) is 3.37. The molecule has 0 fully saturated rings. The van der Waals surface area contributed by atoms with Crippen LogP contribution in [0.5, 0.6) is 11.5 Å². The third kappa shape index (κ3) is 3.47. The van der Waals surface area contributed by atoms with E-state index in [0.29, 0.717) is 12.3 Å². The molecule has 2 aromatic rings. The average Bonchev–Trinajstić information content (AvgIpc) is 2.98. The lowest BCUT2D eigenvalue weighted by molar-refractivity contribution is -0.116. The van der Waals surface area contributed by atoms with Gasteiger partial charge in [-0.3, -0.25) is 4.79 Å². The molecule has 1 heterocycles. The van der Waals surface area contributed by atoms with Crippen LogP contribution in [-0.4, -0.2) is 12.7 Å². The Balaban J connectivity index is 1.57. The van der Waals surface area contributed by atoms with Crippen molar-refractivity contribution in [3.8, 4) is 11.5 Å². The highest BCUT2D eigenvalue weighted by molar-refractivity contribution is 5.91. The van der Waals surface area contributed by atoms with Gasteiger partial charge in [-0.1, -0.05) is 35.9 Å². The highest BCUT2D eigenvalue weighted by atomic mass is 16.7. The number of fused-ring (bicyclic) bond motifs is 1. The minimum absolute atomic E-state index is 0.126. The fraction of sp³-hybridized carbons (Fsp3) is 0.167. The predicted molar refractivity (Wildman–Crippen MR) is 84.6 cm³/mol. The third-order valence-electron chi connectivity index (χ3n) is 3.37. The number of carbonyl (C=O) groups excluding carboxylic acids is 1. The normalized spacial score (nSPS) is 12.6. The highest BCUT2D eigenvalue weighted by Gasteiger charge is 2.12. The summed E-state index contributed by atoms with van der Waals surface area (Å²) in [4.78, 5) is 11.9. The van der Waals surface area contributed by atoms with E-state index in [1.807, 2.05) is 43.3 Å². The maximum Gasteiger partial charge on any atom is 0.244 e. The first-order valence-electron chi connectivity index (χ1n) is 7.12. The van der Waals surface area contributed by atoms with Crippen molar-refractivity contribution >= 4 is 12.0 Å². The van der Waals surface area contributed by atoms with E-state index in [1.165, 1.54) is 11.6 Å². The van der Waals surface area contributed by atoms with Crippen molar-refractivity contribution in [2.75, 3.05) is 6.79 Å². The Hall–Kier alpha value is -2.75. The van der Waals surface area contributed by atoms with Crippen molar-refractivity contribution in [2.24, 2.45) is 0 Å². The number of aryl methyl sites for hydroxylation is 1. The van der Waals surface area contributed by atoms with Gasteiger partial charge in [-0.15, -0.1) is 0 Å². The molecule has 4 nitrogen and oxygen atoms in total. The minimum atomic E-state index is -0.126. The Morgan fingerprint density at radius 2 is 2.05 bits per heavy atom. The molecule has 0 atom stereocenters. The molecular formula is C18H17NO3. The van der Waals surface area contributed by atoms with E-state index in [0.717, 1.165) is 16.9 Å². The maximum absolute atomic E-state index is 11.9. The van der Waals surface area contributed by atoms with Crippen LogP contribution in [0.2, 0.25) is 0 Å². The monoisotopic (exact) mass is 295 g/mol. The Bertz CT molecular complexity index is 722. The van der Waals surface area contributed by atoms with Crippen molar-refractivity contribution in [3.05, 3.63) is 65.2 Å². The van der Waals surface area contributed by atoms with Gasteiger partial charge in [0.25, 0.3) is 0 Å². The first-order valence-corrected chi connectivity index (χ1v) is 7.12. The molecule has 4 heteroatoms. The number of nitrogens with one attached hydrogen (secondary N) is 1. The second-order valence-electron chi connectivity index (χ2n) is 5.15. The van der Waals surface area contributed by atoms with Crippen LogP contribution in [-0.2, 0) is 11.3 Å². The van der Waals surface area contributed by atoms with E-state index >= 15 is 0 Å². The Kier molecular flexibility index (Phi) is 4.10. The van der Waals surface area contributed by atoms with Gasteiger partial charge in [-0.2, -0.15) is 0 Å². The van der Waals surface area contributed by atoms with Gasteiger partial charge < -0.3 is 14.8 Å². The molecule has 1 amide bonds. The molecule has 0 aromatic heterocycles. The smallest absolute Gasteiger partial charge is 0.244 e. The molecule has 0 aliphatic carbocycles. The molecule has 0 spiro atoms. The Morgan fingerprint density at radius 3 is 2.91 bits per heavy atom. The van der Waals surface area contributed by atoms with Crippen molar-refractivity contribution in [1.29, 1.82) is 0 Å². The van der Waals surface area contributed by atoms with Crippen molar-refractivity contribution < 1.29 is 14.3 Å². The lowest BCUT2D eigenvalue weighted by Crippen LogP contribution is -2.20. The summed E-state index contributed by atoms with van der Waals surface area (Å²) in [5.41, 5.74) is 3.17. The number of benzene rings is 2. The van der Waals surface area contributed by atoms with Gasteiger partial charge in [-0.05, 0) is 36.3 Å². The van der Waals surface area contributed by atoms with Gasteiger partial charge >= 0.3 is 0 Å². The number of carbonyl (C=O) groups is 1. The van der Waals surface area contributed by atoms with Gasteiger partial charge in [0.15, 0.2) is 11.5 Å². The Morgan fingerprint density at radius 1 is 1.18 bits per heavy atom. The zero-order valence-corrected chi connectivity index (χ0v) is 12.3. The molecule has 1 N–H and O–H groups in total. The molecule has 0 saturated heterocycles. The molecule has 22 heavy (non-hydrogen) atoms. The zero-order chi connectivity index (χ0) is 15.4. The molecule has 0 radical (unpaired) electrons. The molecule has 1 aliphatic rings. The van der Waals surface area contributed by atoms with Gasteiger partial charge in [0.05, 0.1) is 0 Å². The topological polar surface area (TPSA) is 47.6 Å². The lowest BCUT2D eigenvalue weighted by atomic mass is 10.1. The Labute approximate surface area is 129 Å². The molecule has 0 bridgehead atoms. The van der Waals surface area contributed by atoms with E-state index in [2.05, 4.69) is 11.4 Å². The molecular weight excluding hydrogens is 278 g/mol. The van der Waals surface area contributed by atoms with E-state index in [-0.39, 0.29) is 12.7 Å². The molecule has 3 rings (SSSR count). The van der Waals surface area contributed by atoms with E-state index in [4.69, 9.17) is 9.47 Å². The molecule has 0 unspecified atom stereocenters. The van der Waals surface area contributed by atoms with Crippen LogP contribution in [0.3, 0.4) is 0 Å². The summed E-state index contributed by atoms with van der Waals surface area (Å²) < 4.78 is 10.6. The van der Waals surface area contributed by atoms with Gasteiger partial charge in [0, 0.05) is 12.6 Å². The number of hydrogen-bond donors (Lipinski definition) is 1. The second kappa shape index (κ2) is 6.35. The molecule has 112 valence electrons. The summed E-state index contributed by atoms with van der Waals surface area (Å²) in [6, 6.07) is 13.7. The van der Waals surface area contributed by atoms with E-state index < -0.39 is 0 Å². The summed E-state index contributed by atoms with van der Waals surface area (Å²) in [6.07, 6.45) is 3.28. The largest absolute Gasteiger partial charge is 0.454 e. The van der Waals surface area contributed by atoms with Crippen molar-refractivity contribution in [3.63, 3.8) is 0 Å². The standard InChI is InChI=1S/C18H17NO3/c1-13-3-2-4-15(9-13)11-19-18(20)8-6-14-5-7-16-17(10-14)22-12-21-16/h2-10H,11-12H2,1H3,(H,19,20)/b8-6+. The first-order chi connectivity index (χ1) is 10.7. The summed E-state index contributed by atoms with van der Waals surface area (Å²) in [6.45, 7) is 2.80. The van der Waals surface area contributed by atoms with E-state index in [9.17, 15) is 4.79 Å². The first kappa shape index (κ1) is 14.2. The quantitative estimate of drug-likeness (QED) is 0.882. The predicted octanol–water partition coefficient (Wildman–Crippen LogP) is 3.05. The molecule has 0 saturated carbocycles. The summed E-state index contributed by atoms with van der Waals surface area (Å²) in [5, 5.41) is 2.87. The SMILES string of the molecule is Cc1cccc(CNC(=O)/C=C/c2ccc3c(c2)OCO3)c1. The van der Waals surface area contributed by atoms with E-state index in [1.54, 1.807) is 6.08 Å². The van der Waals surface area contributed by atoms with Gasteiger partial charge in [0.1, 0.15) is 0 Å². The zero-order valence-electron chi connectivity index (χ0n) is 12.3. The molecule has 1 aliphatic heterocycles. The number of ether oxygens (including phenoxy) is 2. The van der Waals surface area contributed by atoms with Crippen LogP contribution in [0, 0.1) is 6.92 Å². The van der Waals surface area contributed by atoms with Crippen LogP contribution in [0.1, 0.15) is 16.7 Å². The van der Waals surface area contributed by atoms with Gasteiger partial charge in [-0.25, -0.2) is 0 Å². The van der Waals surface area contributed by atoms with Crippen molar-refractivity contribution in [2.45, 2.75) is 13.5 Å². The number of amides is 1.